The van der Waals surface area contributed by atoms with E-state index in [0.29, 0.717) is 17.9 Å². The average molecular weight is 269 g/mol. The summed E-state index contributed by atoms with van der Waals surface area (Å²) in [6.07, 6.45) is 0. The molecule has 0 aliphatic rings. The molecule has 1 heterocycles. The number of para-hydroxylation sites is 1. The van der Waals surface area contributed by atoms with Gasteiger partial charge in [-0.25, -0.2) is 4.39 Å². The largest absolute Gasteiger partial charge is 0.456 e. The minimum atomic E-state index is -0.205. The van der Waals surface area contributed by atoms with Gasteiger partial charge in [0.2, 0.25) is 0 Å². The normalized spacial score (nSPS) is 11.1. The molecule has 3 aromatic rings. The second kappa shape index (κ2) is 5.47. The number of nitrogens with one attached hydrogen (secondary N) is 1. The number of furan rings is 1. The first kappa shape index (κ1) is 12.9. The van der Waals surface area contributed by atoms with Gasteiger partial charge in [0.15, 0.2) is 0 Å². The predicted molar refractivity (Wildman–Crippen MR) is 79.0 cm³/mol. The van der Waals surface area contributed by atoms with Gasteiger partial charge in [0, 0.05) is 23.1 Å². The Morgan fingerprint density at radius 1 is 1.10 bits per heavy atom. The third-order valence-electron chi connectivity index (χ3n) is 3.33. The van der Waals surface area contributed by atoms with Crippen molar-refractivity contribution in [2.75, 3.05) is 6.54 Å². The van der Waals surface area contributed by atoms with Gasteiger partial charge in [0.1, 0.15) is 17.2 Å². The van der Waals surface area contributed by atoms with Crippen LogP contribution in [-0.2, 0) is 6.54 Å². The van der Waals surface area contributed by atoms with Crippen LogP contribution in [0, 0.1) is 5.82 Å². The van der Waals surface area contributed by atoms with Gasteiger partial charge in [0.25, 0.3) is 0 Å². The first-order valence-electron chi connectivity index (χ1n) is 6.76. The Labute approximate surface area is 117 Å². The van der Waals surface area contributed by atoms with Gasteiger partial charge in [0.05, 0.1) is 0 Å². The van der Waals surface area contributed by atoms with Crippen molar-refractivity contribution in [2.24, 2.45) is 0 Å². The number of fused-ring (bicyclic) bond motifs is 1. The first-order chi connectivity index (χ1) is 9.78. The summed E-state index contributed by atoms with van der Waals surface area (Å²) >= 11 is 0. The zero-order valence-corrected chi connectivity index (χ0v) is 11.3. The second-order valence-corrected chi connectivity index (χ2v) is 4.73. The highest BCUT2D eigenvalue weighted by Gasteiger charge is 2.09. The molecule has 0 aliphatic carbocycles. The Morgan fingerprint density at radius 2 is 1.95 bits per heavy atom. The standard InChI is InChI=1S/C17H16FNO/c1-2-19-11-14-8-7-13(9-15(14)18)17-10-12-5-3-4-6-16(12)20-17/h3-10,19H,2,11H2,1H3. The van der Waals surface area contributed by atoms with Crippen LogP contribution >= 0.6 is 0 Å². The molecule has 1 aromatic heterocycles. The van der Waals surface area contributed by atoms with Crippen LogP contribution < -0.4 is 5.32 Å². The van der Waals surface area contributed by atoms with Crippen molar-refractivity contribution in [1.82, 2.24) is 5.32 Å². The molecule has 0 saturated carbocycles. The minimum absolute atomic E-state index is 0.205. The van der Waals surface area contributed by atoms with Crippen molar-refractivity contribution in [3.63, 3.8) is 0 Å². The molecule has 0 saturated heterocycles. The van der Waals surface area contributed by atoms with Crippen molar-refractivity contribution in [3.8, 4) is 11.3 Å². The molecule has 0 bridgehead atoms. The van der Waals surface area contributed by atoms with Crippen molar-refractivity contribution >= 4 is 11.0 Å². The molecular formula is C17H16FNO. The summed E-state index contributed by atoms with van der Waals surface area (Å²) < 4.78 is 19.8. The molecule has 3 heteroatoms. The van der Waals surface area contributed by atoms with E-state index in [1.807, 2.05) is 43.3 Å². The minimum Gasteiger partial charge on any atom is -0.456 e. The summed E-state index contributed by atoms with van der Waals surface area (Å²) in [4.78, 5) is 0. The topological polar surface area (TPSA) is 25.2 Å². The maximum Gasteiger partial charge on any atom is 0.135 e. The smallest absolute Gasteiger partial charge is 0.135 e. The van der Waals surface area contributed by atoms with Gasteiger partial charge in [-0.3, -0.25) is 0 Å². The number of benzene rings is 2. The fourth-order valence-corrected chi connectivity index (χ4v) is 2.23. The summed E-state index contributed by atoms with van der Waals surface area (Å²) in [5, 5.41) is 4.15. The summed E-state index contributed by atoms with van der Waals surface area (Å²) in [6.45, 7) is 3.37. The van der Waals surface area contributed by atoms with Crippen LogP contribution in [0.25, 0.3) is 22.3 Å². The maximum absolute atomic E-state index is 14.0. The Kier molecular flexibility index (Phi) is 3.52. The molecule has 20 heavy (non-hydrogen) atoms. The maximum atomic E-state index is 14.0. The highest BCUT2D eigenvalue weighted by atomic mass is 19.1. The molecule has 102 valence electrons. The highest BCUT2D eigenvalue weighted by molar-refractivity contribution is 5.82. The molecule has 0 aliphatic heterocycles. The van der Waals surface area contributed by atoms with Crippen LogP contribution in [0.3, 0.4) is 0 Å². The Hall–Kier alpha value is -2.13. The first-order valence-corrected chi connectivity index (χ1v) is 6.76. The van der Waals surface area contributed by atoms with E-state index < -0.39 is 0 Å². The molecule has 2 aromatic carbocycles. The molecule has 2 nitrogen and oxygen atoms in total. The molecule has 0 atom stereocenters. The molecule has 1 N–H and O–H groups in total. The van der Waals surface area contributed by atoms with E-state index in [4.69, 9.17) is 4.42 Å². The van der Waals surface area contributed by atoms with Crippen LogP contribution in [0.15, 0.2) is 52.9 Å². The van der Waals surface area contributed by atoms with Gasteiger partial charge in [-0.05, 0) is 24.7 Å². The lowest BCUT2D eigenvalue weighted by Gasteiger charge is -2.05. The second-order valence-electron chi connectivity index (χ2n) is 4.73. The quantitative estimate of drug-likeness (QED) is 0.761. The summed E-state index contributed by atoms with van der Waals surface area (Å²) in [5.41, 5.74) is 2.25. The number of hydrogen-bond donors (Lipinski definition) is 1. The Morgan fingerprint density at radius 3 is 2.70 bits per heavy atom. The van der Waals surface area contributed by atoms with E-state index in [9.17, 15) is 4.39 Å². The fourth-order valence-electron chi connectivity index (χ4n) is 2.23. The lowest BCUT2D eigenvalue weighted by molar-refractivity contribution is 0.591. The van der Waals surface area contributed by atoms with Crippen LogP contribution in [0.2, 0.25) is 0 Å². The van der Waals surface area contributed by atoms with Gasteiger partial charge in [-0.2, -0.15) is 0 Å². The third-order valence-corrected chi connectivity index (χ3v) is 3.33. The SMILES string of the molecule is CCNCc1ccc(-c2cc3ccccc3o2)cc1F. The van der Waals surface area contributed by atoms with E-state index in [2.05, 4.69) is 5.32 Å². The lowest BCUT2D eigenvalue weighted by Crippen LogP contribution is -2.12. The van der Waals surface area contributed by atoms with Crippen molar-refractivity contribution < 1.29 is 8.81 Å². The van der Waals surface area contributed by atoms with E-state index >= 15 is 0 Å². The van der Waals surface area contributed by atoms with Crippen molar-refractivity contribution in [2.45, 2.75) is 13.5 Å². The molecule has 0 spiro atoms. The molecular weight excluding hydrogens is 253 g/mol. The van der Waals surface area contributed by atoms with Gasteiger partial charge >= 0.3 is 0 Å². The number of rotatable bonds is 4. The zero-order chi connectivity index (χ0) is 13.9. The van der Waals surface area contributed by atoms with E-state index in [1.54, 1.807) is 6.07 Å². The van der Waals surface area contributed by atoms with Crippen LogP contribution in [-0.4, -0.2) is 6.54 Å². The lowest BCUT2D eigenvalue weighted by atomic mass is 10.1. The average Bonchev–Trinajstić information content (AvgIpc) is 2.90. The third kappa shape index (κ3) is 2.45. The Balaban J connectivity index is 1.95. The van der Waals surface area contributed by atoms with E-state index in [-0.39, 0.29) is 5.82 Å². The number of halogens is 1. The summed E-state index contributed by atoms with van der Waals surface area (Å²) in [6, 6.07) is 15.0. The van der Waals surface area contributed by atoms with E-state index in [1.165, 1.54) is 6.07 Å². The van der Waals surface area contributed by atoms with Crippen molar-refractivity contribution in [3.05, 3.63) is 59.9 Å². The number of hydrogen-bond acceptors (Lipinski definition) is 2. The van der Waals surface area contributed by atoms with E-state index in [0.717, 1.165) is 23.1 Å². The molecule has 0 amide bonds. The molecule has 0 unspecified atom stereocenters. The molecule has 0 radical (unpaired) electrons. The summed E-state index contributed by atoms with van der Waals surface area (Å²) in [7, 11) is 0. The monoisotopic (exact) mass is 269 g/mol. The van der Waals surface area contributed by atoms with Crippen LogP contribution in [0.4, 0.5) is 4.39 Å². The molecule has 0 fully saturated rings. The van der Waals surface area contributed by atoms with Crippen molar-refractivity contribution in [1.29, 1.82) is 0 Å². The molecule has 3 rings (SSSR count). The van der Waals surface area contributed by atoms with Gasteiger partial charge in [-0.1, -0.05) is 37.3 Å². The zero-order valence-electron chi connectivity index (χ0n) is 11.3. The Bertz CT molecular complexity index is 700. The fraction of sp³-hybridized carbons (Fsp3) is 0.176. The van der Waals surface area contributed by atoms with Crippen LogP contribution in [0.1, 0.15) is 12.5 Å². The van der Waals surface area contributed by atoms with Crippen LogP contribution in [0.5, 0.6) is 0 Å². The van der Waals surface area contributed by atoms with Gasteiger partial charge in [-0.15, -0.1) is 0 Å². The predicted octanol–water partition coefficient (Wildman–Crippen LogP) is 4.35. The highest BCUT2D eigenvalue weighted by Crippen LogP contribution is 2.28. The summed E-state index contributed by atoms with van der Waals surface area (Å²) in [5.74, 6) is 0.490. The van der Waals surface area contributed by atoms with Gasteiger partial charge < -0.3 is 9.73 Å².